The van der Waals surface area contributed by atoms with Gasteiger partial charge in [-0.15, -0.1) is 0 Å². The van der Waals surface area contributed by atoms with Crippen molar-refractivity contribution in [1.82, 2.24) is 0 Å². The number of hydrogen-bond acceptors (Lipinski definition) is 5. The van der Waals surface area contributed by atoms with Crippen molar-refractivity contribution in [2.24, 2.45) is 4.99 Å². The lowest BCUT2D eigenvalue weighted by Crippen LogP contribution is -2.06. The maximum absolute atomic E-state index is 12.4. The van der Waals surface area contributed by atoms with E-state index < -0.39 is 5.97 Å². The molecule has 1 aliphatic rings. The zero-order valence-corrected chi connectivity index (χ0v) is 22.5. The zero-order valence-electron chi connectivity index (χ0n) is 17.8. The Morgan fingerprint density at radius 1 is 1.06 bits per heavy atom. The van der Waals surface area contributed by atoms with Gasteiger partial charge in [-0.25, -0.2) is 9.79 Å². The Bertz CT molecular complexity index is 1320. The van der Waals surface area contributed by atoms with Gasteiger partial charge in [-0.1, -0.05) is 51.3 Å². The SMILES string of the molecule is CCOc1cc(/C=C2\N=C(c3ccc(Cl)cc3Cl)OC2=O)cc(Br)c1OCc1cccc(Br)c1. The van der Waals surface area contributed by atoms with Crippen molar-refractivity contribution < 1.29 is 19.0 Å². The van der Waals surface area contributed by atoms with E-state index in [2.05, 4.69) is 36.9 Å². The van der Waals surface area contributed by atoms with Crippen molar-refractivity contribution in [3.63, 3.8) is 0 Å². The smallest absolute Gasteiger partial charge is 0.363 e. The third-order valence-corrected chi connectivity index (χ3v) is 6.32. The first-order valence-electron chi connectivity index (χ1n) is 10.2. The van der Waals surface area contributed by atoms with E-state index in [4.69, 9.17) is 37.4 Å². The van der Waals surface area contributed by atoms with Crippen molar-refractivity contribution in [1.29, 1.82) is 0 Å². The third-order valence-electron chi connectivity index (χ3n) is 4.69. The van der Waals surface area contributed by atoms with Crippen LogP contribution in [0.25, 0.3) is 6.08 Å². The number of aliphatic imine (C=N–C) groups is 1. The molecular formula is C25H17Br2Cl2NO4. The number of halogens is 4. The number of nitrogens with zero attached hydrogens (tertiary/aromatic N) is 1. The fourth-order valence-electron chi connectivity index (χ4n) is 3.20. The Kier molecular flexibility index (Phi) is 7.99. The molecule has 0 aliphatic carbocycles. The predicted octanol–water partition coefficient (Wildman–Crippen LogP) is 7.84. The summed E-state index contributed by atoms with van der Waals surface area (Å²) < 4.78 is 18.8. The van der Waals surface area contributed by atoms with Crippen LogP contribution in [0.4, 0.5) is 0 Å². The van der Waals surface area contributed by atoms with Crippen LogP contribution in [0.3, 0.4) is 0 Å². The summed E-state index contributed by atoms with van der Waals surface area (Å²) in [6.07, 6.45) is 1.62. The highest BCUT2D eigenvalue weighted by Gasteiger charge is 2.26. The van der Waals surface area contributed by atoms with Crippen LogP contribution in [-0.4, -0.2) is 18.5 Å². The molecule has 3 aromatic carbocycles. The maximum Gasteiger partial charge on any atom is 0.363 e. The molecule has 0 saturated heterocycles. The van der Waals surface area contributed by atoms with Crippen LogP contribution in [-0.2, 0) is 16.1 Å². The minimum Gasteiger partial charge on any atom is -0.490 e. The monoisotopic (exact) mass is 623 g/mol. The average Bonchev–Trinajstić information content (AvgIpc) is 3.13. The van der Waals surface area contributed by atoms with E-state index in [-0.39, 0.29) is 11.6 Å². The molecule has 0 aromatic heterocycles. The van der Waals surface area contributed by atoms with Gasteiger partial charge in [0.25, 0.3) is 0 Å². The van der Waals surface area contributed by atoms with Gasteiger partial charge in [0.15, 0.2) is 17.2 Å². The Morgan fingerprint density at radius 3 is 2.62 bits per heavy atom. The summed E-state index contributed by atoms with van der Waals surface area (Å²) in [5.74, 6) is 0.645. The fourth-order valence-corrected chi connectivity index (χ4v) is 4.71. The summed E-state index contributed by atoms with van der Waals surface area (Å²) in [5, 5.41) is 0.818. The van der Waals surface area contributed by atoms with Crippen LogP contribution in [0.2, 0.25) is 10.0 Å². The second kappa shape index (κ2) is 11.0. The lowest BCUT2D eigenvalue weighted by atomic mass is 10.1. The Labute approximate surface area is 223 Å². The van der Waals surface area contributed by atoms with Crippen LogP contribution in [0.15, 0.2) is 74.2 Å². The normalized spacial score (nSPS) is 14.2. The van der Waals surface area contributed by atoms with E-state index in [1.165, 1.54) is 0 Å². The van der Waals surface area contributed by atoms with Crippen LogP contribution in [0, 0.1) is 0 Å². The van der Waals surface area contributed by atoms with Crippen molar-refractivity contribution in [2.45, 2.75) is 13.5 Å². The third kappa shape index (κ3) is 5.84. The molecule has 4 rings (SSSR count). The van der Waals surface area contributed by atoms with Gasteiger partial charge >= 0.3 is 5.97 Å². The van der Waals surface area contributed by atoms with Gasteiger partial charge in [-0.05, 0) is 82.5 Å². The number of ether oxygens (including phenoxy) is 3. The molecule has 174 valence electrons. The van der Waals surface area contributed by atoms with E-state index >= 15 is 0 Å². The van der Waals surface area contributed by atoms with Crippen LogP contribution >= 0.6 is 55.1 Å². The number of esters is 1. The fraction of sp³-hybridized carbons (Fsp3) is 0.120. The number of hydrogen-bond donors (Lipinski definition) is 0. The average molecular weight is 626 g/mol. The molecule has 0 spiro atoms. The molecule has 0 unspecified atom stereocenters. The summed E-state index contributed by atoms with van der Waals surface area (Å²) in [6, 6.07) is 16.3. The predicted molar refractivity (Wildman–Crippen MR) is 141 cm³/mol. The molecule has 3 aromatic rings. The highest BCUT2D eigenvalue weighted by molar-refractivity contribution is 9.10. The first-order chi connectivity index (χ1) is 16.3. The van der Waals surface area contributed by atoms with Crippen molar-refractivity contribution in [3.05, 3.63) is 96.0 Å². The maximum atomic E-state index is 12.4. The van der Waals surface area contributed by atoms with Crippen molar-refractivity contribution >= 4 is 73.0 Å². The molecular weight excluding hydrogens is 609 g/mol. The highest BCUT2D eigenvalue weighted by Crippen LogP contribution is 2.38. The molecule has 34 heavy (non-hydrogen) atoms. The number of cyclic esters (lactones) is 1. The Balaban J connectivity index is 1.62. The first kappa shape index (κ1) is 24.8. The van der Waals surface area contributed by atoms with Gasteiger partial charge in [0.1, 0.15) is 6.61 Å². The number of rotatable bonds is 7. The number of carbonyl (C=O) groups is 1. The van der Waals surface area contributed by atoms with Gasteiger partial charge in [0, 0.05) is 9.50 Å². The lowest BCUT2D eigenvalue weighted by Gasteiger charge is -2.15. The molecule has 0 atom stereocenters. The first-order valence-corrected chi connectivity index (χ1v) is 12.5. The molecule has 9 heteroatoms. The molecule has 0 fully saturated rings. The van der Waals surface area contributed by atoms with E-state index in [9.17, 15) is 4.79 Å². The van der Waals surface area contributed by atoms with E-state index in [0.717, 1.165) is 10.0 Å². The minimum atomic E-state index is -0.579. The molecule has 1 aliphatic heterocycles. The van der Waals surface area contributed by atoms with E-state index in [1.807, 2.05) is 37.3 Å². The van der Waals surface area contributed by atoms with Gasteiger partial charge < -0.3 is 14.2 Å². The van der Waals surface area contributed by atoms with Crippen molar-refractivity contribution in [3.8, 4) is 11.5 Å². The second-order valence-corrected chi connectivity index (χ2v) is 9.76. The highest BCUT2D eigenvalue weighted by atomic mass is 79.9. The second-order valence-electron chi connectivity index (χ2n) is 7.14. The molecule has 1 heterocycles. The minimum absolute atomic E-state index is 0.121. The summed E-state index contributed by atoms with van der Waals surface area (Å²) in [6.45, 7) is 2.69. The molecule has 0 amide bonds. The standard InChI is InChI=1S/C25H17Br2Cl2NO4/c1-2-32-22-11-15(9-19(27)23(22)33-13-14-4-3-5-16(26)8-14)10-21-25(31)34-24(30-21)18-7-6-17(28)12-20(18)29/h3-12H,2,13H2,1H3/b21-10-. The largest absolute Gasteiger partial charge is 0.490 e. The van der Waals surface area contributed by atoms with Gasteiger partial charge in [0.2, 0.25) is 5.90 Å². The van der Waals surface area contributed by atoms with E-state index in [0.29, 0.717) is 50.4 Å². The molecule has 0 bridgehead atoms. The Morgan fingerprint density at radius 2 is 1.88 bits per heavy atom. The summed E-state index contributed by atoms with van der Waals surface area (Å²) >= 11 is 19.2. The van der Waals surface area contributed by atoms with Crippen LogP contribution < -0.4 is 9.47 Å². The van der Waals surface area contributed by atoms with Gasteiger partial charge in [0.05, 0.1) is 21.7 Å². The number of benzene rings is 3. The summed E-state index contributed by atoms with van der Waals surface area (Å²) in [7, 11) is 0. The Hall–Kier alpha value is -2.32. The van der Waals surface area contributed by atoms with Crippen molar-refractivity contribution in [2.75, 3.05) is 6.61 Å². The topological polar surface area (TPSA) is 57.1 Å². The van der Waals surface area contributed by atoms with Crippen LogP contribution in [0.1, 0.15) is 23.6 Å². The van der Waals surface area contributed by atoms with Crippen LogP contribution in [0.5, 0.6) is 11.5 Å². The molecule has 0 saturated carbocycles. The zero-order chi connectivity index (χ0) is 24.2. The van der Waals surface area contributed by atoms with Gasteiger partial charge in [-0.2, -0.15) is 0 Å². The number of carbonyl (C=O) groups excluding carboxylic acids is 1. The lowest BCUT2D eigenvalue weighted by molar-refractivity contribution is -0.129. The van der Waals surface area contributed by atoms with E-state index in [1.54, 1.807) is 30.3 Å². The molecule has 5 nitrogen and oxygen atoms in total. The summed E-state index contributed by atoms with van der Waals surface area (Å²) in [5.41, 5.74) is 2.31. The van der Waals surface area contributed by atoms with Gasteiger partial charge in [-0.3, -0.25) is 0 Å². The summed E-state index contributed by atoms with van der Waals surface area (Å²) in [4.78, 5) is 16.8. The quantitative estimate of drug-likeness (QED) is 0.198. The molecule has 0 N–H and O–H groups in total. The molecule has 0 radical (unpaired) electrons.